The van der Waals surface area contributed by atoms with Crippen molar-refractivity contribution in [1.29, 1.82) is 5.26 Å². The summed E-state index contributed by atoms with van der Waals surface area (Å²) in [7, 11) is 1.92. The summed E-state index contributed by atoms with van der Waals surface area (Å²) in [6.07, 6.45) is 9.52. The Balaban J connectivity index is 1.16. The topological polar surface area (TPSA) is 90.6 Å². The van der Waals surface area contributed by atoms with E-state index < -0.39 is 0 Å². The molecule has 214 valence electrons. The Labute approximate surface area is 252 Å². The Kier molecular flexibility index (Phi) is 6.55. The Bertz CT molecular complexity index is 1900. The summed E-state index contributed by atoms with van der Waals surface area (Å²) in [5.41, 5.74) is 4.69. The van der Waals surface area contributed by atoms with Gasteiger partial charge in [-0.2, -0.15) is 5.26 Å². The van der Waals surface area contributed by atoms with E-state index in [0.29, 0.717) is 33.6 Å². The summed E-state index contributed by atoms with van der Waals surface area (Å²) < 4.78 is 15.6. The SMILES string of the molecule is [C-]#[N+]C1(CC2CN(c3ncc(-c4ccc5nc(CC)c(N(C)c6nc(-c7ccc(F)cc7)c(C#N)s6)n5c4)cn3)C2)CC1. The number of rotatable bonds is 8. The maximum Gasteiger partial charge on any atom is 0.233 e. The van der Waals surface area contributed by atoms with Crippen molar-refractivity contribution in [2.75, 3.05) is 29.9 Å². The number of anilines is 3. The molecule has 5 aromatic rings. The third-order valence-electron chi connectivity index (χ3n) is 8.38. The van der Waals surface area contributed by atoms with Crippen molar-refractivity contribution in [2.45, 2.75) is 38.1 Å². The van der Waals surface area contributed by atoms with E-state index >= 15 is 0 Å². The Hall–Kier alpha value is -4.87. The predicted octanol–water partition coefficient (Wildman–Crippen LogP) is 6.53. The van der Waals surface area contributed by atoms with Crippen molar-refractivity contribution in [3.05, 3.63) is 82.8 Å². The summed E-state index contributed by atoms with van der Waals surface area (Å²) in [4.78, 5) is 27.4. The van der Waals surface area contributed by atoms with E-state index in [1.54, 1.807) is 12.1 Å². The zero-order valence-electron chi connectivity index (χ0n) is 23.8. The molecule has 0 N–H and O–H groups in total. The lowest BCUT2D eigenvalue weighted by Gasteiger charge is -2.39. The number of pyridine rings is 1. The van der Waals surface area contributed by atoms with Crippen LogP contribution in [0.4, 0.5) is 21.3 Å². The molecular weight excluding hydrogens is 561 g/mol. The minimum atomic E-state index is -0.336. The van der Waals surface area contributed by atoms with Crippen LogP contribution in [0.5, 0.6) is 0 Å². The van der Waals surface area contributed by atoms with Crippen LogP contribution < -0.4 is 9.80 Å². The van der Waals surface area contributed by atoms with Gasteiger partial charge in [0.25, 0.3) is 0 Å². The molecule has 1 saturated heterocycles. The van der Waals surface area contributed by atoms with E-state index in [0.717, 1.165) is 66.6 Å². The zero-order valence-corrected chi connectivity index (χ0v) is 24.6. The first-order valence-corrected chi connectivity index (χ1v) is 15.1. The van der Waals surface area contributed by atoms with E-state index in [1.165, 1.54) is 23.5 Å². The lowest BCUT2D eigenvalue weighted by molar-refractivity contribution is 0.357. The molecule has 1 saturated carbocycles. The maximum atomic E-state index is 13.5. The molecule has 11 heteroatoms. The fraction of sp³-hybridized carbons (Fsp3) is 0.312. The fourth-order valence-electron chi connectivity index (χ4n) is 5.81. The van der Waals surface area contributed by atoms with Gasteiger partial charge in [0, 0.05) is 80.6 Å². The van der Waals surface area contributed by atoms with Gasteiger partial charge < -0.3 is 14.6 Å². The molecule has 4 aromatic heterocycles. The van der Waals surface area contributed by atoms with Crippen LogP contribution in [0.2, 0.25) is 0 Å². The molecule has 1 aliphatic heterocycles. The third kappa shape index (κ3) is 4.86. The quantitative estimate of drug-likeness (QED) is 0.190. The number of nitrogens with zero attached hydrogens (tertiary/aromatic N) is 9. The molecule has 0 unspecified atom stereocenters. The summed E-state index contributed by atoms with van der Waals surface area (Å²) >= 11 is 1.29. The molecule has 43 heavy (non-hydrogen) atoms. The Morgan fingerprint density at radius 3 is 2.47 bits per heavy atom. The summed E-state index contributed by atoms with van der Waals surface area (Å²) in [6.45, 7) is 11.3. The second kappa shape index (κ2) is 10.4. The van der Waals surface area contributed by atoms with Gasteiger partial charge in [-0.1, -0.05) is 18.3 Å². The zero-order chi connectivity index (χ0) is 29.7. The Morgan fingerprint density at radius 1 is 1.09 bits per heavy atom. The normalized spacial score (nSPS) is 15.6. The van der Waals surface area contributed by atoms with Gasteiger partial charge in [-0.15, -0.1) is 0 Å². The second-order valence-electron chi connectivity index (χ2n) is 11.3. The number of aromatic nitrogens is 5. The molecule has 0 spiro atoms. The first-order chi connectivity index (χ1) is 20.9. The number of hydrogen-bond acceptors (Lipinski definition) is 8. The van der Waals surface area contributed by atoms with Gasteiger partial charge in [0.15, 0.2) is 5.13 Å². The fourth-order valence-corrected chi connectivity index (χ4v) is 6.65. The highest BCUT2D eigenvalue weighted by molar-refractivity contribution is 7.16. The van der Waals surface area contributed by atoms with Crippen LogP contribution in [0.25, 0.3) is 32.9 Å². The number of imidazole rings is 1. The summed E-state index contributed by atoms with van der Waals surface area (Å²) in [6, 6.07) is 12.3. The maximum absolute atomic E-state index is 13.5. The molecule has 2 aliphatic rings. The van der Waals surface area contributed by atoms with Gasteiger partial charge in [0.1, 0.15) is 33.9 Å². The summed E-state index contributed by atoms with van der Waals surface area (Å²) in [5.74, 6) is 1.79. The number of hydrogen-bond donors (Lipinski definition) is 0. The van der Waals surface area contributed by atoms with Gasteiger partial charge in [-0.25, -0.2) is 30.9 Å². The van der Waals surface area contributed by atoms with E-state index in [4.69, 9.17) is 16.5 Å². The number of aryl methyl sites for hydroxylation is 1. The van der Waals surface area contributed by atoms with Crippen LogP contribution in [0, 0.1) is 29.6 Å². The molecule has 0 bridgehead atoms. The largest absolute Gasteiger partial charge is 0.340 e. The molecule has 1 aromatic carbocycles. The molecule has 0 atom stereocenters. The molecule has 5 heterocycles. The molecule has 2 fully saturated rings. The van der Waals surface area contributed by atoms with Crippen molar-refractivity contribution in [3.63, 3.8) is 0 Å². The molecule has 9 nitrogen and oxygen atoms in total. The number of fused-ring (bicyclic) bond motifs is 1. The lowest BCUT2D eigenvalue weighted by atomic mass is 9.91. The monoisotopic (exact) mass is 589 g/mol. The van der Waals surface area contributed by atoms with Crippen LogP contribution in [0.1, 0.15) is 36.8 Å². The smallest absolute Gasteiger partial charge is 0.233 e. The highest BCUT2D eigenvalue weighted by atomic mass is 32.1. The number of halogens is 1. The molecule has 0 amide bonds. The van der Waals surface area contributed by atoms with Crippen LogP contribution >= 0.6 is 11.3 Å². The predicted molar refractivity (Wildman–Crippen MR) is 165 cm³/mol. The standard InChI is InChI=1S/C32H28FN9S/c1-4-25-29(40(3)31-39-28(26(14-34)43-31)21-5-8-24(33)9-6-21)42-19-22(7-10-27(42)38-25)23-15-36-30(37-16-23)41-17-20(18-41)13-32(35-2)11-12-32/h5-10,15-16,19-20H,4,11-13,17-18H2,1,3H3. The van der Waals surface area contributed by atoms with Crippen molar-refractivity contribution < 1.29 is 4.39 Å². The average molecular weight is 590 g/mol. The first kappa shape index (κ1) is 27.0. The van der Waals surface area contributed by atoms with E-state index in [9.17, 15) is 9.65 Å². The van der Waals surface area contributed by atoms with Gasteiger partial charge in [0.05, 0.1) is 5.69 Å². The molecule has 7 rings (SSSR count). The van der Waals surface area contributed by atoms with E-state index in [1.807, 2.05) is 47.1 Å². The molecular formula is C32H28FN9S. The average Bonchev–Trinajstić information content (AvgIpc) is 3.50. The highest BCUT2D eigenvalue weighted by Gasteiger charge is 2.53. The first-order valence-electron chi connectivity index (χ1n) is 14.3. The van der Waals surface area contributed by atoms with Gasteiger partial charge in [-0.3, -0.25) is 4.40 Å². The van der Waals surface area contributed by atoms with Crippen molar-refractivity contribution in [3.8, 4) is 28.5 Å². The van der Waals surface area contributed by atoms with Crippen molar-refractivity contribution in [1.82, 2.24) is 24.3 Å². The second-order valence-corrected chi connectivity index (χ2v) is 12.3. The van der Waals surface area contributed by atoms with E-state index in [-0.39, 0.29) is 11.4 Å². The highest BCUT2D eigenvalue weighted by Crippen LogP contribution is 2.46. The minimum absolute atomic E-state index is 0.0829. The van der Waals surface area contributed by atoms with Crippen LogP contribution in [0.3, 0.4) is 0 Å². The molecule has 1 aliphatic carbocycles. The van der Waals surface area contributed by atoms with Gasteiger partial charge in [0.2, 0.25) is 11.5 Å². The van der Waals surface area contributed by atoms with Gasteiger partial charge >= 0.3 is 0 Å². The van der Waals surface area contributed by atoms with Crippen LogP contribution in [-0.2, 0) is 6.42 Å². The van der Waals surface area contributed by atoms with Crippen LogP contribution in [0.15, 0.2) is 55.0 Å². The molecule has 0 radical (unpaired) electrons. The number of benzene rings is 1. The van der Waals surface area contributed by atoms with E-state index in [2.05, 4.69) is 32.7 Å². The van der Waals surface area contributed by atoms with Crippen molar-refractivity contribution in [2.24, 2.45) is 5.92 Å². The van der Waals surface area contributed by atoms with Gasteiger partial charge in [-0.05, 0) is 42.8 Å². The Morgan fingerprint density at radius 2 is 1.81 bits per heavy atom. The number of thiazole rings is 1. The minimum Gasteiger partial charge on any atom is -0.340 e. The third-order valence-corrected chi connectivity index (χ3v) is 9.42. The summed E-state index contributed by atoms with van der Waals surface area (Å²) in [5, 5.41) is 10.5. The van der Waals surface area contributed by atoms with Crippen molar-refractivity contribution >= 4 is 33.9 Å². The number of nitriles is 1. The lowest BCUT2D eigenvalue weighted by Crippen LogP contribution is -2.48. The van der Waals surface area contributed by atoms with Crippen LogP contribution in [-0.4, -0.2) is 50.0 Å².